The summed E-state index contributed by atoms with van der Waals surface area (Å²) in [5.41, 5.74) is 0.690. The molecule has 1 aromatic heterocycles. The molecular formula is C18H23O7PS. The zero-order valence-corrected chi connectivity index (χ0v) is 17.5. The predicted octanol–water partition coefficient (Wildman–Crippen LogP) is 3.88. The van der Waals surface area contributed by atoms with Crippen LogP contribution in [0.2, 0.25) is 0 Å². The number of carbonyl (C=O) groups is 1. The van der Waals surface area contributed by atoms with E-state index in [9.17, 15) is 9.59 Å². The van der Waals surface area contributed by atoms with Crippen LogP contribution < -0.4 is 10.1 Å². The van der Waals surface area contributed by atoms with E-state index in [0.717, 1.165) is 0 Å². The van der Waals surface area contributed by atoms with Crippen LogP contribution in [0.25, 0.3) is 11.0 Å². The first-order valence-corrected chi connectivity index (χ1v) is 11.2. The van der Waals surface area contributed by atoms with E-state index in [4.69, 9.17) is 34.5 Å². The number of hydrogen-bond donors (Lipinski definition) is 0. The Morgan fingerprint density at radius 1 is 1.15 bits per heavy atom. The quantitative estimate of drug-likeness (QED) is 0.347. The van der Waals surface area contributed by atoms with Gasteiger partial charge >= 0.3 is 18.3 Å². The van der Waals surface area contributed by atoms with Crippen molar-refractivity contribution in [1.82, 2.24) is 0 Å². The van der Waals surface area contributed by atoms with E-state index >= 15 is 0 Å². The maximum atomic E-state index is 12.3. The molecule has 2 aromatic rings. The zero-order valence-electron chi connectivity index (χ0n) is 15.8. The van der Waals surface area contributed by atoms with Gasteiger partial charge < -0.3 is 13.7 Å². The molecular weight excluding hydrogens is 391 g/mol. The first-order valence-electron chi connectivity index (χ1n) is 8.64. The Labute approximate surface area is 162 Å². The highest BCUT2D eigenvalue weighted by molar-refractivity contribution is 8.07. The predicted molar refractivity (Wildman–Crippen MR) is 106 cm³/mol. The lowest BCUT2D eigenvalue weighted by Crippen LogP contribution is -2.17. The number of esters is 1. The third-order valence-corrected chi connectivity index (χ3v) is 6.12. The molecule has 0 amide bonds. The van der Waals surface area contributed by atoms with Gasteiger partial charge in [-0.05, 0) is 45.4 Å². The number of aryl methyl sites for hydroxylation is 1. The van der Waals surface area contributed by atoms with Gasteiger partial charge in [0.2, 0.25) is 0 Å². The molecule has 0 saturated heterocycles. The second-order valence-corrected chi connectivity index (χ2v) is 8.44. The normalized spacial score (nSPS) is 11.6. The first-order chi connectivity index (χ1) is 12.8. The van der Waals surface area contributed by atoms with Gasteiger partial charge in [-0.1, -0.05) is 0 Å². The third-order valence-electron chi connectivity index (χ3n) is 3.68. The summed E-state index contributed by atoms with van der Waals surface area (Å²) in [6.45, 7) is 5.12. The Kier molecular flexibility index (Phi) is 7.56. The van der Waals surface area contributed by atoms with E-state index < -0.39 is 18.3 Å². The molecule has 1 heterocycles. The minimum absolute atomic E-state index is 0.133. The van der Waals surface area contributed by atoms with E-state index in [1.165, 1.54) is 0 Å². The van der Waals surface area contributed by atoms with Crippen molar-refractivity contribution >= 4 is 35.5 Å². The van der Waals surface area contributed by atoms with E-state index in [2.05, 4.69) is 0 Å². The summed E-state index contributed by atoms with van der Waals surface area (Å²) in [6, 6.07) is 5.01. The summed E-state index contributed by atoms with van der Waals surface area (Å²) < 4.78 is 27.0. The Hall–Kier alpha value is -1.73. The maximum absolute atomic E-state index is 12.3. The van der Waals surface area contributed by atoms with Crippen LogP contribution in [0.3, 0.4) is 0 Å². The Morgan fingerprint density at radius 2 is 1.81 bits per heavy atom. The molecule has 0 radical (unpaired) electrons. The van der Waals surface area contributed by atoms with Crippen molar-refractivity contribution in [2.75, 3.05) is 19.8 Å². The van der Waals surface area contributed by atoms with Gasteiger partial charge in [0, 0.05) is 23.3 Å². The zero-order chi connectivity index (χ0) is 20.0. The SMILES string of the molecule is CCOC(=O)Cc1c(C)c2ccc(OP(=S)(OCC)OCC)cc2oc1=O. The smallest absolute Gasteiger partial charge is 0.380 e. The van der Waals surface area contributed by atoms with Gasteiger partial charge in [0.1, 0.15) is 11.3 Å². The van der Waals surface area contributed by atoms with Gasteiger partial charge in [-0.15, -0.1) is 0 Å². The van der Waals surface area contributed by atoms with Crippen LogP contribution in [0, 0.1) is 6.92 Å². The summed E-state index contributed by atoms with van der Waals surface area (Å²) in [5.74, 6) is -0.0882. The second-order valence-electron chi connectivity index (χ2n) is 5.51. The highest BCUT2D eigenvalue weighted by Gasteiger charge is 2.22. The van der Waals surface area contributed by atoms with Gasteiger partial charge in [0.15, 0.2) is 0 Å². The minimum Gasteiger partial charge on any atom is -0.466 e. The average molecular weight is 414 g/mol. The minimum atomic E-state index is -2.93. The van der Waals surface area contributed by atoms with Crippen molar-refractivity contribution < 1.29 is 27.5 Å². The summed E-state index contributed by atoms with van der Waals surface area (Å²) in [5, 5.41) is 0.697. The van der Waals surface area contributed by atoms with Crippen molar-refractivity contribution in [3.05, 3.63) is 39.7 Å². The number of ether oxygens (including phenoxy) is 1. The molecule has 0 spiro atoms. The Balaban J connectivity index is 2.39. The Bertz CT molecular complexity index is 912. The molecule has 0 bridgehead atoms. The van der Waals surface area contributed by atoms with E-state index in [-0.39, 0.29) is 18.6 Å². The molecule has 0 aliphatic carbocycles. The van der Waals surface area contributed by atoms with Gasteiger partial charge in [-0.3, -0.25) is 13.8 Å². The number of rotatable bonds is 9. The fourth-order valence-corrected chi connectivity index (χ4v) is 4.60. The van der Waals surface area contributed by atoms with Crippen LogP contribution in [0.15, 0.2) is 27.4 Å². The molecule has 0 unspecified atom stereocenters. The summed E-state index contributed by atoms with van der Waals surface area (Å²) in [7, 11) is 0. The lowest BCUT2D eigenvalue weighted by atomic mass is 10.0. The standard InChI is InChI=1S/C18H23O7PS/c1-5-21-17(19)11-15-12(4)14-9-8-13(10-16(14)24-18(15)20)25-26(27,22-6-2)23-7-3/h8-10H,5-7,11H2,1-4H3. The summed E-state index contributed by atoms with van der Waals surface area (Å²) in [6.07, 6.45) is -0.133. The fraction of sp³-hybridized carbons (Fsp3) is 0.444. The molecule has 0 saturated carbocycles. The van der Waals surface area contributed by atoms with Crippen LogP contribution in [0.1, 0.15) is 31.9 Å². The van der Waals surface area contributed by atoms with E-state index in [1.54, 1.807) is 45.9 Å². The van der Waals surface area contributed by atoms with E-state index in [0.29, 0.717) is 35.5 Å². The monoisotopic (exact) mass is 414 g/mol. The Morgan fingerprint density at radius 3 is 2.41 bits per heavy atom. The van der Waals surface area contributed by atoms with Crippen LogP contribution in [0.5, 0.6) is 5.75 Å². The van der Waals surface area contributed by atoms with Gasteiger partial charge in [-0.2, -0.15) is 0 Å². The molecule has 0 N–H and O–H groups in total. The number of fused-ring (bicyclic) bond motifs is 1. The molecule has 7 nitrogen and oxygen atoms in total. The van der Waals surface area contributed by atoms with Crippen molar-refractivity contribution in [3.63, 3.8) is 0 Å². The largest absolute Gasteiger partial charge is 0.466 e. The summed E-state index contributed by atoms with van der Waals surface area (Å²) in [4.78, 5) is 24.0. The highest BCUT2D eigenvalue weighted by Crippen LogP contribution is 2.50. The van der Waals surface area contributed by atoms with Gasteiger partial charge in [0.05, 0.1) is 31.8 Å². The molecule has 148 valence electrons. The number of benzene rings is 1. The van der Waals surface area contributed by atoms with Gasteiger partial charge in [0.25, 0.3) is 0 Å². The topological polar surface area (TPSA) is 84.2 Å². The van der Waals surface area contributed by atoms with Crippen LogP contribution in [0.4, 0.5) is 0 Å². The van der Waals surface area contributed by atoms with Crippen LogP contribution in [-0.4, -0.2) is 25.8 Å². The molecule has 2 rings (SSSR count). The third kappa shape index (κ3) is 5.39. The van der Waals surface area contributed by atoms with Crippen LogP contribution in [-0.2, 0) is 36.8 Å². The lowest BCUT2D eigenvalue weighted by molar-refractivity contribution is -0.142. The van der Waals surface area contributed by atoms with E-state index in [1.807, 2.05) is 0 Å². The highest BCUT2D eigenvalue weighted by atomic mass is 32.5. The fourth-order valence-electron chi connectivity index (χ4n) is 2.53. The average Bonchev–Trinajstić information content (AvgIpc) is 2.59. The van der Waals surface area contributed by atoms with Crippen molar-refractivity contribution in [3.8, 4) is 5.75 Å². The molecule has 0 fully saturated rings. The van der Waals surface area contributed by atoms with Crippen molar-refractivity contribution in [2.24, 2.45) is 0 Å². The van der Waals surface area contributed by atoms with Crippen LogP contribution >= 0.6 is 6.72 Å². The van der Waals surface area contributed by atoms with Crippen molar-refractivity contribution in [1.29, 1.82) is 0 Å². The number of carbonyl (C=O) groups excluding carboxylic acids is 1. The molecule has 0 atom stereocenters. The molecule has 9 heteroatoms. The number of hydrogen-bond acceptors (Lipinski definition) is 8. The molecule has 27 heavy (non-hydrogen) atoms. The maximum Gasteiger partial charge on any atom is 0.380 e. The lowest BCUT2D eigenvalue weighted by Gasteiger charge is -2.21. The molecule has 0 aliphatic heterocycles. The summed E-state index contributed by atoms with van der Waals surface area (Å²) >= 11 is 5.35. The first kappa shape index (κ1) is 21.6. The second kappa shape index (κ2) is 9.46. The van der Waals surface area contributed by atoms with Crippen molar-refractivity contribution in [2.45, 2.75) is 34.1 Å². The molecule has 1 aromatic carbocycles. The molecule has 0 aliphatic rings. The van der Waals surface area contributed by atoms with Gasteiger partial charge in [-0.25, -0.2) is 4.79 Å².